The van der Waals surface area contributed by atoms with Crippen LogP contribution in [-0.2, 0) is 4.79 Å². The van der Waals surface area contributed by atoms with Crippen LogP contribution in [0.25, 0.3) is 0 Å². The Kier molecular flexibility index (Phi) is 6.69. The van der Waals surface area contributed by atoms with Crippen LogP contribution < -0.4 is 10.2 Å². The van der Waals surface area contributed by atoms with Crippen molar-refractivity contribution in [1.82, 2.24) is 14.9 Å². The van der Waals surface area contributed by atoms with E-state index in [1.807, 2.05) is 11.9 Å². The first-order valence-electron chi connectivity index (χ1n) is 10.2. The van der Waals surface area contributed by atoms with E-state index in [-0.39, 0.29) is 5.91 Å². The Morgan fingerprint density at radius 2 is 2.19 bits per heavy atom. The molecule has 1 N–H and O–H groups in total. The fourth-order valence-corrected chi connectivity index (χ4v) is 3.58. The molecule has 26 heavy (non-hydrogen) atoms. The number of rotatable bonds is 9. The van der Waals surface area contributed by atoms with E-state index in [0.717, 1.165) is 50.5 Å². The first-order chi connectivity index (χ1) is 12.7. The van der Waals surface area contributed by atoms with E-state index in [2.05, 4.69) is 33.2 Å². The summed E-state index contributed by atoms with van der Waals surface area (Å²) in [4.78, 5) is 25.4. The number of carbonyl (C=O) groups is 1. The quantitative estimate of drug-likeness (QED) is 0.733. The van der Waals surface area contributed by atoms with Gasteiger partial charge in [-0.05, 0) is 44.4 Å². The highest BCUT2D eigenvalue weighted by Crippen LogP contribution is 2.28. The summed E-state index contributed by atoms with van der Waals surface area (Å²) in [5.41, 5.74) is 0. The minimum absolute atomic E-state index is 0.286. The lowest BCUT2D eigenvalue weighted by atomic mass is 9.93. The summed E-state index contributed by atoms with van der Waals surface area (Å²) in [6, 6.07) is 2.67. The average Bonchev–Trinajstić information content (AvgIpc) is 3.48. The van der Waals surface area contributed by atoms with E-state index in [4.69, 9.17) is 0 Å². The van der Waals surface area contributed by atoms with Gasteiger partial charge in [-0.1, -0.05) is 13.3 Å². The van der Waals surface area contributed by atoms with Crippen molar-refractivity contribution >= 4 is 17.5 Å². The lowest BCUT2D eigenvalue weighted by Gasteiger charge is -2.33. The second kappa shape index (κ2) is 9.19. The zero-order valence-electron chi connectivity index (χ0n) is 16.3. The number of hydrogen-bond donors (Lipinski definition) is 1. The summed E-state index contributed by atoms with van der Waals surface area (Å²) < 4.78 is 0. The van der Waals surface area contributed by atoms with E-state index in [9.17, 15) is 4.79 Å². The molecule has 1 aromatic rings. The fourth-order valence-electron chi connectivity index (χ4n) is 3.58. The largest absolute Gasteiger partial charge is 0.367 e. The van der Waals surface area contributed by atoms with Crippen LogP contribution in [0.2, 0.25) is 0 Å². The number of anilines is 2. The van der Waals surface area contributed by atoms with Crippen LogP contribution in [0, 0.1) is 5.92 Å². The second-order valence-corrected chi connectivity index (χ2v) is 7.84. The predicted molar refractivity (Wildman–Crippen MR) is 105 cm³/mol. The maximum absolute atomic E-state index is 12.3. The van der Waals surface area contributed by atoms with Gasteiger partial charge in [-0.15, -0.1) is 0 Å². The molecule has 0 aromatic carbocycles. The van der Waals surface area contributed by atoms with Crippen LogP contribution in [0.3, 0.4) is 0 Å². The number of nitrogens with one attached hydrogen (secondary N) is 1. The maximum Gasteiger partial charge on any atom is 0.222 e. The van der Waals surface area contributed by atoms with Gasteiger partial charge >= 0.3 is 0 Å². The van der Waals surface area contributed by atoms with Crippen LogP contribution >= 0.6 is 0 Å². The van der Waals surface area contributed by atoms with Crippen molar-refractivity contribution in [2.45, 2.75) is 64.3 Å². The van der Waals surface area contributed by atoms with Gasteiger partial charge in [0.1, 0.15) is 18.0 Å². The van der Waals surface area contributed by atoms with Gasteiger partial charge in [0.15, 0.2) is 0 Å². The van der Waals surface area contributed by atoms with E-state index in [1.54, 1.807) is 6.33 Å². The number of amides is 1. The van der Waals surface area contributed by atoms with Crippen molar-refractivity contribution in [1.29, 1.82) is 0 Å². The first kappa shape index (κ1) is 18.9. The summed E-state index contributed by atoms with van der Waals surface area (Å²) >= 11 is 0. The summed E-state index contributed by atoms with van der Waals surface area (Å²) in [7, 11) is 1.93. The molecule has 0 bridgehead atoms. The molecule has 0 spiro atoms. The lowest BCUT2D eigenvalue weighted by Crippen LogP contribution is -2.37. The highest BCUT2D eigenvalue weighted by Gasteiger charge is 2.24. The Bertz CT molecular complexity index is 589. The molecular formula is C20H33N5O. The summed E-state index contributed by atoms with van der Waals surface area (Å²) in [6.45, 7) is 5.07. The van der Waals surface area contributed by atoms with Gasteiger partial charge in [0, 0.05) is 45.2 Å². The minimum Gasteiger partial charge on any atom is -0.367 e. The van der Waals surface area contributed by atoms with E-state index >= 15 is 0 Å². The van der Waals surface area contributed by atoms with Gasteiger partial charge in [-0.2, -0.15) is 0 Å². The van der Waals surface area contributed by atoms with Crippen molar-refractivity contribution in [2.75, 3.05) is 36.9 Å². The van der Waals surface area contributed by atoms with E-state index in [1.165, 1.54) is 25.7 Å². The first-order valence-corrected chi connectivity index (χ1v) is 10.2. The third-order valence-corrected chi connectivity index (χ3v) is 5.46. The minimum atomic E-state index is 0.286. The van der Waals surface area contributed by atoms with Crippen LogP contribution in [0.1, 0.15) is 58.3 Å². The monoisotopic (exact) mass is 359 g/mol. The molecule has 144 valence electrons. The molecule has 1 unspecified atom stereocenters. The summed E-state index contributed by atoms with van der Waals surface area (Å²) in [5.74, 6) is 2.81. The smallest absolute Gasteiger partial charge is 0.222 e. The number of carbonyl (C=O) groups excluding carboxylic acids is 1. The molecule has 2 heterocycles. The van der Waals surface area contributed by atoms with Gasteiger partial charge < -0.3 is 15.1 Å². The third kappa shape index (κ3) is 5.58. The van der Waals surface area contributed by atoms with Gasteiger partial charge in [0.25, 0.3) is 0 Å². The fraction of sp³-hybridized carbons (Fsp3) is 0.750. The molecule has 1 aromatic heterocycles. The van der Waals surface area contributed by atoms with Gasteiger partial charge in [0.05, 0.1) is 0 Å². The van der Waals surface area contributed by atoms with E-state index in [0.29, 0.717) is 18.4 Å². The molecule has 2 aliphatic rings. The van der Waals surface area contributed by atoms with Gasteiger partial charge in [-0.25, -0.2) is 9.97 Å². The predicted octanol–water partition coefficient (Wildman–Crippen LogP) is 3.31. The molecule has 1 aliphatic heterocycles. The zero-order chi connectivity index (χ0) is 18.4. The molecular weight excluding hydrogens is 326 g/mol. The molecule has 1 atom stereocenters. The van der Waals surface area contributed by atoms with E-state index < -0.39 is 0 Å². The number of hydrogen-bond acceptors (Lipinski definition) is 5. The Morgan fingerprint density at radius 3 is 2.96 bits per heavy atom. The molecule has 2 fully saturated rings. The topological polar surface area (TPSA) is 61.4 Å². The second-order valence-electron chi connectivity index (χ2n) is 7.84. The highest BCUT2D eigenvalue weighted by molar-refractivity contribution is 5.75. The Labute approximate surface area is 157 Å². The molecule has 1 aliphatic carbocycles. The molecule has 1 saturated carbocycles. The SMILES string of the molecule is CCCCN(C)C(=O)CCC1CCCN(c2cc(NC3CC3)ncn2)C1. The lowest BCUT2D eigenvalue weighted by molar-refractivity contribution is -0.130. The maximum atomic E-state index is 12.3. The summed E-state index contributed by atoms with van der Waals surface area (Å²) in [5, 5.41) is 3.45. The zero-order valence-corrected chi connectivity index (χ0v) is 16.3. The molecule has 3 rings (SSSR count). The molecule has 6 heteroatoms. The van der Waals surface area contributed by atoms with Crippen molar-refractivity contribution < 1.29 is 4.79 Å². The molecule has 1 saturated heterocycles. The van der Waals surface area contributed by atoms with Crippen molar-refractivity contribution in [3.63, 3.8) is 0 Å². The molecule has 1 amide bonds. The normalized spacial score (nSPS) is 20.1. The van der Waals surface area contributed by atoms with Gasteiger partial charge in [-0.3, -0.25) is 4.79 Å². The van der Waals surface area contributed by atoms with Crippen LogP contribution in [0.4, 0.5) is 11.6 Å². The Balaban J connectivity index is 1.48. The van der Waals surface area contributed by atoms with Crippen molar-refractivity contribution in [3.8, 4) is 0 Å². The summed E-state index contributed by atoms with van der Waals surface area (Å²) in [6.07, 6.45) is 10.4. The molecule has 0 radical (unpaired) electrons. The van der Waals surface area contributed by atoms with Crippen LogP contribution in [0.15, 0.2) is 12.4 Å². The Morgan fingerprint density at radius 1 is 1.35 bits per heavy atom. The van der Waals surface area contributed by atoms with Gasteiger partial charge in [0.2, 0.25) is 5.91 Å². The number of unbranched alkanes of at least 4 members (excludes halogenated alkanes) is 1. The number of nitrogens with zero attached hydrogens (tertiary/aromatic N) is 4. The number of aromatic nitrogens is 2. The average molecular weight is 360 g/mol. The van der Waals surface area contributed by atoms with Crippen molar-refractivity contribution in [3.05, 3.63) is 12.4 Å². The third-order valence-electron chi connectivity index (χ3n) is 5.46. The van der Waals surface area contributed by atoms with Crippen molar-refractivity contribution in [2.24, 2.45) is 5.92 Å². The highest BCUT2D eigenvalue weighted by atomic mass is 16.2. The molecule has 6 nitrogen and oxygen atoms in total. The van der Waals surface area contributed by atoms with Crippen LogP contribution in [0.5, 0.6) is 0 Å². The Hall–Kier alpha value is -1.85. The standard InChI is InChI=1S/C20H33N5O/c1-3-4-11-24(2)20(26)10-7-16-6-5-12-25(14-16)19-13-18(21-15-22-19)23-17-8-9-17/h13,15-17H,3-12,14H2,1-2H3,(H,21,22,23). The van der Waals surface area contributed by atoms with Crippen LogP contribution in [-0.4, -0.2) is 53.5 Å². The number of piperidine rings is 1.